The Morgan fingerprint density at radius 3 is 2.52 bits per heavy atom. The van der Waals surface area contributed by atoms with Crippen LogP contribution in [0.15, 0.2) is 54.6 Å². The Bertz CT molecular complexity index is 759. The molecule has 1 amide bonds. The van der Waals surface area contributed by atoms with Crippen LogP contribution in [0.2, 0.25) is 0 Å². The number of benzene rings is 2. The number of carboxylic acid groups (broad SMARTS) is 1. The topological polar surface area (TPSA) is 75.6 Å². The van der Waals surface area contributed by atoms with Crippen LogP contribution in [-0.4, -0.2) is 23.6 Å². The van der Waals surface area contributed by atoms with Gasteiger partial charge in [-0.1, -0.05) is 48.5 Å². The van der Waals surface area contributed by atoms with Gasteiger partial charge in [0.2, 0.25) is 5.91 Å². The standard InChI is InChI=1S/C20H21NO4/c1-13(20(23)24)18(14-7-3-2-4-8-14)21-19(22)16-11-12-25-17-10-6-5-9-15(16)17/h2-10,13,16,18H,11-12H2,1H3,(H,21,22)(H,23,24). The molecule has 25 heavy (non-hydrogen) atoms. The fourth-order valence-corrected chi connectivity index (χ4v) is 3.17. The number of hydrogen-bond donors (Lipinski definition) is 2. The van der Waals surface area contributed by atoms with Gasteiger partial charge in [-0.25, -0.2) is 0 Å². The molecule has 0 aliphatic carbocycles. The Hall–Kier alpha value is -2.82. The van der Waals surface area contributed by atoms with Gasteiger partial charge in [-0.05, 0) is 25.0 Å². The zero-order chi connectivity index (χ0) is 17.8. The van der Waals surface area contributed by atoms with Crippen LogP contribution in [-0.2, 0) is 9.59 Å². The summed E-state index contributed by atoms with van der Waals surface area (Å²) in [4.78, 5) is 24.4. The van der Waals surface area contributed by atoms with Crippen LogP contribution >= 0.6 is 0 Å². The second-order valence-electron chi connectivity index (χ2n) is 6.25. The maximum absolute atomic E-state index is 12.9. The molecule has 2 N–H and O–H groups in total. The van der Waals surface area contributed by atoms with E-state index in [-0.39, 0.29) is 11.8 Å². The minimum Gasteiger partial charge on any atom is -0.493 e. The predicted molar refractivity (Wildman–Crippen MR) is 93.4 cm³/mol. The summed E-state index contributed by atoms with van der Waals surface area (Å²) in [5, 5.41) is 12.4. The molecule has 1 aliphatic heterocycles. The van der Waals surface area contributed by atoms with Crippen LogP contribution in [0, 0.1) is 5.92 Å². The Kier molecular flexibility index (Phi) is 5.03. The molecule has 0 radical (unpaired) electrons. The van der Waals surface area contributed by atoms with Gasteiger partial charge in [0, 0.05) is 5.56 Å². The fourth-order valence-electron chi connectivity index (χ4n) is 3.17. The fraction of sp³-hybridized carbons (Fsp3) is 0.300. The van der Waals surface area contributed by atoms with E-state index in [1.807, 2.05) is 54.6 Å². The average Bonchev–Trinajstić information content (AvgIpc) is 2.65. The summed E-state index contributed by atoms with van der Waals surface area (Å²) < 4.78 is 5.61. The highest BCUT2D eigenvalue weighted by Gasteiger charge is 2.32. The molecule has 5 nitrogen and oxygen atoms in total. The third-order valence-corrected chi connectivity index (χ3v) is 4.62. The molecule has 1 heterocycles. The maximum Gasteiger partial charge on any atom is 0.308 e. The van der Waals surface area contributed by atoms with E-state index in [4.69, 9.17) is 4.74 Å². The van der Waals surface area contributed by atoms with Gasteiger partial charge in [0.25, 0.3) is 0 Å². The summed E-state index contributed by atoms with van der Waals surface area (Å²) >= 11 is 0. The molecule has 3 unspecified atom stereocenters. The third kappa shape index (κ3) is 3.65. The first-order valence-electron chi connectivity index (χ1n) is 8.37. The zero-order valence-electron chi connectivity index (χ0n) is 14.0. The molecule has 0 fully saturated rings. The van der Waals surface area contributed by atoms with Crippen LogP contribution in [0.25, 0.3) is 0 Å². The van der Waals surface area contributed by atoms with Gasteiger partial charge in [0.1, 0.15) is 5.75 Å². The lowest BCUT2D eigenvalue weighted by Gasteiger charge is -2.29. The van der Waals surface area contributed by atoms with E-state index >= 15 is 0 Å². The highest BCUT2D eigenvalue weighted by atomic mass is 16.5. The summed E-state index contributed by atoms with van der Waals surface area (Å²) in [5.41, 5.74) is 1.63. The number of amides is 1. The Balaban J connectivity index is 1.85. The Morgan fingerprint density at radius 2 is 1.80 bits per heavy atom. The molecule has 0 bridgehead atoms. The lowest BCUT2D eigenvalue weighted by Crippen LogP contribution is -2.39. The minimum atomic E-state index is -0.943. The molecule has 0 saturated carbocycles. The summed E-state index contributed by atoms with van der Waals surface area (Å²) in [6, 6.07) is 16.1. The molecule has 5 heteroatoms. The molecular weight excluding hydrogens is 318 g/mol. The monoisotopic (exact) mass is 339 g/mol. The number of ether oxygens (including phenoxy) is 1. The number of carbonyl (C=O) groups is 2. The van der Waals surface area contributed by atoms with Gasteiger partial charge in [-0.15, -0.1) is 0 Å². The first kappa shape index (κ1) is 17.0. The van der Waals surface area contributed by atoms with Crippen molar-refractivity contribution < 1.29 is 19.4 Å². The summed E-state index contributed by atoms with van der Waals surface area (Å²) in [6.45, 7) is 2.08. The van der Waals surface area contributed by atoms with Crippen molar-refractivity contribution in [2.45, 2.75) is 25.3 Å². The van der Waals surface area contributed by atoms with Gasteiger partial charge in [-0.3, -0.25) is 9.59 Å². The van der Waals surface area contributed by atoms with Crippen molar-refractivity contribution in [3.8, 4) is 5.75 Å². The van der Waals surface area contributed by atoms with Gasteiger partial charge < -0.3 is 15.2 Å². The van der Waals surface area contributed by atoms with E-state index in [1.165, 1.54) is 0 Å². The van der Waals surface area contributed by atoms with E-state index in [1.54, 1.807) is 6.92 Å². The second kappa shape index (κ2) is 7.38. The van der Waals surface area contributed by atoms with Crippen molar-refractivity contribution in [3.05, 3.63) is 65.7 Å². The van der Waals surface area contributed by atoms with E-state index < -0.39 is 17.9 Å². The van der Waals surface area contributed by atoms with Gasteiger partial charge in [0.15, 0.2) is 0 Å². The quantitative estimate of drug-likeness (QED) is 0.877. The van der Waals surface area contributed by atoms with E-state index in [2.05, 4.69) is 5.32 Å². The van der Waals surface area contributed by atoms with E-state index in [9.17, 15) is 14.7 Å². The van der Waals surface area contributed by atoms with Crippen LogP contribution in [0.1, 0.15) is 36.4 Å². The molecule has 0 aromatic heterocycles. The van der Waals surface area contributed by atoms with Crippen molar-refractivity contribution in [2.24, 2.45) is 5.92 Å². The highest BCUT2D eigenvalue weighted by Crippen LogP contribution is 2.34. The number of para-hydroxylation sites is 1. The number of rotatable bonds is 5. The molecule has 2 aromatic rings. The number of carboxylic acids is 1. The molecule has 3 rings (SSSR count). The minimum absolute atomic E-state index is 0.169. The summed E-state index contributed by atoms with van der Waals surface area (Å²) in [5.74, 6) is -1.46. The van der Waals surface area contributed by atoms with E-state index in [0.29, 0.717) is 13.0 Å². The Labute approximate surface area is 146 Å². The largest absolute Gasteiger partial charge is 0.493 e. The van der Waals surface area contributed by atoms with Crippen molar-refractivity contribution in [1.82, 2.24) is 5.32 Å². The Morgan fingerprint density at radius 1 is 1.12 bits per heavy atom. The summed E-state index contributed by atoms with van der Waals surface area (Å²) in [6.07, 6.45) is 0.575. The zero-order valence-corrected chi connectivity index (χ0v) is 14.0. The predicted octanol–water partition coefficient (Wildman–Crippen LogP) is 3.13. The van der Waals surface area contributed by atoms with Crippen LogP contribution in [0.3, 0.4) is 0 Å². The number of hydrogen-bond acceptors (Lipinski definition) is 3. The molecule has 0 saturated heterocycles. The van der Waals surface area contributed by atoms with Crippen molar-refractivity contribution in [1.29, 1.82) is 0 Å². The second-order valence-corrected chi connectivity index (χ2v) is 6.25. The van der Waals surface area contributed by atoms with Crippen molar-refractivity contribution in [2.75, 3.05) is 6.61 Å². The van der Waals surface area contributed by atoms with Crippen LogP contribution in [0.5, 0.6) is 5.75 Å². The van der Waals surface area contributed by atoms with Crippen LogP contribution in [0.4, 0.5) is 0 Å². The SMILES string of the molecule is CC(C(=O)O)C(NC(=O)C1CCOc2ccccc21)c1ccccc1. The molecule has 130 valence electrons. The van der Waals surface area contributed by atoms with Crippen LogP contribution < -0.4 is 10.1 Å². The lowest BCUT2D eigenvalue weighted by molar-refractivity contribution is -0.142. The summed E-state index contributed by atoms with van der Waals surface area (Å²) in [7, 11) is 0. The number of aliphatic carboxylic acids is 1. The normalized spacial score (nSPS) is 18.4. The first-order valence-corrected chi connectivity index (χ1v) is 8.37. The molecule has 3 atom stereocenters. The molecule has 1 aliphatic rings. The van der Waals surface area contributed by atoms with Gasteiger partial charge in [-0.2, -0.15) is 0 Å². The third-order valence-electron chi connectivity index (χ3n) is 4.62. The van der Waals surface area contributed by atoms with Crippen molar-refractivity contribution in [3.63, 3.8) is 0 Å². The first-order chi connectivity index (χ1) is 12.1. The van der Waals surface area contributed by atoms with Gasteiger partial charge >= 0.3 is 5.97 Å². The maximum atomic E-state index is 12.9. The number of nitrogens with one attached hydrogen (secondary N) is 1. The molecule has 0 spiro atoms. The lowest BCUT2D eigenvalue weighted by atomic mass is 9.90. The number of carbonyl (C=O) groups excluding carboxylic acids is 1. The van der Waals surface area contributed by atoms with Gasteiger partial charge in [0.05, 0.1) is 24.5 Å². The van der Waals surface area contributed by atoms with Crippen molar-refractivity contribution >= 4 is 11.9 Å². The average molecular weight is 339 g/mol. The molecule has 2 aromatic carbocycles. The molecular formula is C20H21NO4. The smallest absolute Gasteiger partial charge is 0.308 e. The highest BCUT2D eigenvalue weighted by molar-refractivity contribution is 5.85. The number of fused-ring (bicyclic) bond motifs is 1. The van der Waals surface area contributed by atoms with E-state index in [0.717, 1.165) is 16.9 Å².